The van der Waals surface area contributed by atoms with Crippen molar-refractivity contribution in [3.05, 3.63) is 51.5 Å². The summed E-state index contributed by atoms with van der Waals surface area (Å²) in [6.07, 6.45) is 4.64. The van der Waals surface area contributed by atoms with Crippen molar-refractivity contribution < 1.29 is 5.11 Å². The van der Waals surface area contributed by atoms with Gasteiger partial charge in [0.25, 0.3) is 0 Å². The molecule has 0 saturated carbocycles. The van der Waals surface area contributed by atoms with Gasteiger partial charge in [0.05, 0.1) is 18.8 Å². The molecule has 0 amide bonds. The van der Waals surface area contributed by atoms with Crippen molar-refractivity contribution in [1.82, 2.24) is 9.88 Å². The van der Waals surface area contributed by atoms with Crippen molar-refractivity contribution in [3.8, 4) is 0 Å². The zero-order valence-corrected chi connectivity index (χ0v) is 13.1. The highest BCUT2D eigenvalue weighted by molar-refractivity contribution is 7.11. The molecule has 1 aromatic carbocycles. The molecule has 21 heavy (non-hydrogen) atoms. The average Bonchev–Trinajstić information content (AvgIpc) is 3.07. The molecule has 1 heterocycles. The van der Waals surface area contributed by atoms with E-state index in [0.29, 0.717) is 0 Å². The third-order valence-corrected chi connectivity index (χ3v) is 5.12. The molecular formula is C17H22N2OS. The molecule has 1 aromatic heterocycles. The van der Waals surface area contributed by atoms with Crippen LogP contribution in [0, 0.1) is 0 Å². The fraction of sp³-hybridized carbons (Fsp3) is 0.471. The third kappa shape index (κ3) is 3.90. The number of rotatable bonds is 7. The molecule has 1 N–H and O–H groups in total. The minimum Gasteiger partial charge on any atom is -0.395 e. The lowest BCUT2D eigenvalue weighted by atomic mass is 10.1. The van der Waals surface area contributed by atoms with E-state index in [9.17, 15) is 5.11 Å². The maximum absolute atomic E-state index is 9.27. The fourth-order valence-electron chi connectivity index (χ4n) is 2.85. The first-order chi connectivity index (χ1) is 10.3. The topological polar surface area (TPSA) is 36.4 Å². The van der Waals surface area contributed by atoms with Crippen LogP contribution < -0.4 is 0 Å². The van der Waals surface area contributed by atoms with E-state index in [0.717, 1.165) is 32.5 Å². The summed E-state index contributed by atoms with van der Waals surface area (Å²) in [6.45, 7) is 2.76. The van der Waals surface area contributed by atoms with Gasteiger partial charge < -0.3 is 5.11 Å². The van der Waals surface area contributed by atoms with Crippen LogP contribution in [0.3, 0.4) is 0 Å². The van der Waals surface area contributed by atoms with E-state index in [1.807, 2.05) is 17.4 Å². The molecule has 1 aliphatic carbocycles. The number of fused-ring (bicyclic) bond motifs is 1. The predicted octanol–water partition coefficient (Wildman–Crippen LogP) is 2.67. The van der Waals surface area contributed by atoms with Crippen LogP contribution in [0.15, 0.2) is 30.3 Å². The Morgan fingerprint density at radius 1 is 1.14 bits per heavy atom. The number of aliphatic hydroxyl groups is 1. The van der Waals surface area contributed by atoms with E-state index in [2.05, 4.69) is 29.2 Å². The van der Waals surface area contributed by atoms with Crippen LogP contribution in [-0.4, -0.2) is 34.7 Å². The average molecular weight is 302 g/mol. The number of benzene rings is 1. The predicted molar refractivity (Wildman–Crippen MR) is 86.6 cm³/mol. The molecule has 3 rings (SSSR count). The van der Waals surface area contributed by atoms with Crippen molar-refractivity contribution in [3.63, 3.8) is 0 Å². The van der Waals surface area contributed by atoms with E-state index in [1.54, 1.807) is 0 Å². The highest BCUT2D eigenvalue weighted by Gasteiger charge is 2.18. The van der Waals surface area contributed by atoms with E-state index in [4.69, 9.17) is 4.98 Å². The first-order valence-corrected chi connectivity index (χ1v) is 8.51. The molecule has 0 unspecified atom stereocenters. The van der Waals surface area contributed by atoms with Gasteiger partial charge in [-0.1, -0.05) is 30.3 Å². The molecule has 4 heteroatoms. The van der Waals surface area contributed by atoms with Crippen LogP contribution in [0.1, 0.15) is 27.6 Å². The second-order valence-electron chi connectivity index (χ2n) is 5.57. The summed E-state index contributed by atoms with van der Waals surface area (Å²) < 4.78 is 0. The highest BCUT2D eigenvalue weighted by Crippen LogP contribution is 2.28. The zero-order valence-electron chi connectivity index (χ0n) is 12.3. The molecule has 1 aliphatic rings. The van der Waals surface area contributed by atoms with Crippen molar-refractivity contribution in [2.75, 3.05) is 19.7 Å². The maximum Gasteiger partial charge on any atom is 0.107 e. The van der Waals surface area contributed by atoms with E-state index < -0.39 is 0 Å². The number of aromatic nitrogens is 1. The minimum absolute atomic E-state index is 0.208. The van der Waals surface area contributed by atoms with Gasteiger partial charge in [-0.25, -0.2) is 4.98 Å². The van der Waals surface area contributed by atoms with Gasteiger partial charge >= 0.3 is 0 Å². The molecule has 0 aliphatic heterocycles. The molecule has 0 fully saturated rings. The van der Waals surface area contributed by atoms with Crippen molar-refractivity contribution in [2.24, 2.45) is 0 Å². The number of nitrogens with zero attached hydrogens (tertiary/aromatic N) is 2. The smallest absolute Gasteiger partial charge is 0.107 e. The Kier molecular flexibility index (Phi) is 5.01. The standard InChI is InChI=1S/C17H22N2OS/c20-12-11-19(10-9-14-5-2-1-3-6-14)13-17-18-15-7-4-8-16(15)21-17/h1-3,5-6,20H,4,7-13H2. The zero-order chi connectivity index (χ0) is 14.5. The molecule has 112 valence electrons. The Bertz CT molecular complexity index is 546. The van der Waals surface area contributed by atoms with Crippen molar-refractivity contribution >= 4 is 11.3 Å². The normalized spacial score (nSPS) is 13.8. The van der Waals surface area contributed by atoms with Gasteiger partial charge in [0.2, 0.25) is 0 Å². The van der Waals surface area contributed by atoms with Gasteiger partial charge in [0.15, 0.2) is 0 Å². The van der Waals surface area contributed by atoms with Crippen LogP contribution in [0.5, 0.6) is 0 Å². The van der Waals surface area contributed by atoms with Crippen LogP contribution >= 0.6 is 11.3 Å². The van der Waals surface area contributed by atoms with Gasteiger partial charge in [-0.3, -0.25) is 4.90 Å². The molecular weight excluding hydrogens is 280 g/mol. The SMILES string of the molecule is OCCN(CCc1ccccc1)Cc1nc2c(s1)CCC2. The number of hydrogen-bond acceptors (Lipinski definition) is 4. The van der Waals surface area contributed by atoms with Gasteiger partial charge in [-0.05, 0) is 31.2 Å². The highest BCUT2D eigenvalue weighted by atomic mass is 32.1. The number of thiazole rings is 1. The quantitative estimate of drug-likeness (QED) is 0.854. The Hall–Kier alpha value is -1.23. The molecule has 0 radical (unpaired) electrons. The lowest BCUT2D eigenvalue weighted by Crippen LogP contribution is -2.28. The van der Waals surface area contributed by atoms with Gasteiger partial charge in [0.1, 0.15) is 5.01 Å². The molecule has 0 bridgehead atoms. The Labute approximate surface area is 130 Å². The Morgan fingerprint density at radius 3 is 2.76 bits per heavy atom. The minimum atomic E-state index is 0.208. The number of aryl methyl sites for hydroxylation is 2. The summed E-state index contributed by atoms with van der Waals surface area (Å²) in [5.74, 6) is 0. The third-order valence-electron chi connectivity index (χ3n) is 3.97. The van der Waals surface area contributed by atoms with E-state index in [1.165, 1.54) is 34.0 Å². The van der Waals surface area contributed by atoms with E-state index in [-0.39, 0.29) is 6.61 Å². The summed E-state index contributed by atoms with van der Waals surface area (Å²) in [6, 6.07) is 10.5. The van der Waals surface area contributed by atoms with Crippen LogP contribution in [0.4, 0.5) is 0 Å². The van der Waals surface area contributed by atoms with Gasteiger partial charge in [0, 0.05) is 18.0 Å². The second kappa shape index (κ2) is 7.16. The lowest BCUT2D eigenvalue weighted by Gasteiger charge is -2.20. The van der Waals surface area contributed by atoms with Crippen LogP contribution in [0.25, 0.3) is 0 Å². The summed E-state index contributed by atoms with van der Waals surface area (Å²) >= 11 is 1.86. The summed E-state index contributed by atoms with van der Waals surface area (Å²) in [4.78, 5) is 8.55. The number of hydrogen-bond donors (Lipinski definition) is 1. The summed E-state index contributed by atoms with van der Waals surface area (Å²) in [5, 5.41) is 10.5. The maximum atomic E-state index is 9.27. The Balaban J connectivity index is 1.58. The van der Waals surface area contributed by atoms with Crippen LogP contribution in [0.2, 0.25) is 0 Å². The summed E-state index contributed by atoms with van der Waals surface area (Å²) in [5.41, 5.74) is 2.67. The molecule has 0 spiro atoms. The first-order valence-electron chi connectivity index (χ1n) is 7.70. The van der Waals surface area contributed by atoms with Crippen LogP contribution in [-0.2, 0) is 25.8 Å². The van der Waals surface area contributed by atoms with E-state index >= 15 is 0 Å². The summed E-state index contributed by atoms with van der Waals surface area (Å²) in [7, 11) is 0. The number of aliphatic hydroxyl groups excluding tert-OH is 1. The largest absolute Gasteiger partial charge is 0.395 e. The van der Waals surface area contributed by atoms with Crippen molar-refractivity contribution in [1.29, 1.82) is 0 Å². The molecule has 0 saturated heterocycles. The van der Waals surface area contributed by atoms with Crippen molar-refractivity contribution in [2.45, 2.75) is 32.2 Å². The molecule has 3 nitrogen and oxygen atoms in total. The lowest BCUT2D eigenvalue weighted by molar-refractivity contribution is 0.191. The second-order valence-corrected chi connectivity index (χ2v) is 6.73. The monoisotopic (exact) mass is 302 g/mol. The first kappa shape index (κ1) is 14.7. The fourth-order valence-corrected chi connectivity index (χ4v) is 4.05. The molecule has 2 aromatic rings. The Morgan fingerprint density at radius 2 is 2.00 bits per heavy atom. The van der Waals surface area contributed by atoms with Gasteiger partial charge in [-0.2, -0.15) is 0 Å². The molecule has 0 atom stereocenters. The van der Waals surface area contributed by atoms with Gasteiger partial charge in [-0.15, -0.1) is 11.3 Å².